The highest BCUT2D eigenvalue weighted by Gasteiger charge is 2.15. The number of piperidine rings is 1. The van der Waals surface area contributed by atoms with Crippen molar-refractivity contribution in [2.45, 2.75) is 45.4 Å². The molecule has 1 aliphatic rings. The van der Waals surface area contributed by atoms with Crippen LogP contribution < -0.4 is 4.90 Å². The van der Waals surface area contributed by atoms with Gasteiger partial charge in [0.05, 0.1) is 9.88 Å². The number of anilines is 1. The van der Waals surface area contributed by atoms with Crippen LogP contribution in [0.4, 0.5) is 5.00 Å². The van der Waals surface area contributed by atoms with E-state index in [1.165, 1.54) is 24.3 Å². The fourth-order valence-electron chi connectivity index (χ4n) is 2.22. The zero-order valence-corrected chi connectivity index (χ0v) is 11.4. The summed E-state index contributed by atoms with van der Waals surface area (Å²) in [5, 5.41) is 1.28. The van der Waals surface area contributed by atoms with Gasteiger partial charge in [0.25, 0.3) is 0 Å². The predicted octanol–water partition coefficient (Wildman–Crippen LogP) is 4.11. The molecule has 2 nitrogen and oxygen atoms in total. The Labute approximate surface area is 108 Å². The van der Waals surface area contributed by atoms with Crippen molar-refractivity contribution in [3.8, 4) is 0 Å². The van der Waals surface area contributed by atoms with Crippen LogP contribution in [0.25, 0.3) is 0 Å². The predicted molar refractivity (Wildman–Crippen MR) is 74.2 cm³/mol. The Morgan fingerprint density at radius 2 is 2.06 bits per heavy atom. The molecule has 17 heavy (non-hydrogen) atoms. The van der Waals surface area contributed by atoms with Crippen molar-refractivity contribution in [2.24, 2.45) is 0 Å². The van der Waals surface area contributed by atoms with E-state index in [-0.39, 0.29) is 0 Å². The van der Waals surface area contributed by atoms with Crippen LogP contribution in [-0.4, -0.2) is 18.9 Å². The summed E-state index contributed by atoms with van der Waals surface area (Å²) in [4.78, 5) is 15.3. The highest BCUT2D eigenvalue weighted by atomic mass is 32.1. The molecule has 1 aliphatic heterocycles. The largest absolute Gasteiger partial charge is 0.363 e. The molecule has 1 fully saturated rings. The second-order valence-electron chi connectivity index (χ2n) is 4.71. The molecule has 3 heteroatoms. The number of hydrogen-bond donors (Lipinski definition) is 0. The number of carbonyl (C=O) groups is 1. The van der Waals surface area contributed by atoms with Gasteiger partial charge >= 0.3 is 0 Å². The molecular formula is C14H21NOS. The SMILES string of the molecule is CCCCC(=O)c1ccc(N2CCCCC2)s1. The number of nitrogens with zero attached hydrogens (tertiary/aromatic N) is 1. The van der Waals surface area contributed by atoms with Gasteiger partial charge in [0.1, 0.15) is 0 Å². The van der Waals surface area contributed by atoms with E-state index in [1.54, 1.807) is 11.3 Å². The summed E-state index contributed by atoms with van der Waals surface area (Å²) in [6, 6.07) is 4.13. The standard InChI is InChI=1S/C14H21NOS/c1-2-3-7-12(16)13-8-9-14(17-13)15-10-5-4-6-11-15/h8-9H,2-7,10-11H2,1H3. The highest BCUT2D eigenvalue weighted by molar-refractivity contribution is 7.18. The van der Waals surface area contributed by atoms with Crippen molar-refractivity contribution in [3.63, 3.8) is 0 Å². The lowest BCUT2D eigenvalue weighted by atomic mass is 10.1. The lowest BCUT2D eigenvalue weighted by molar-refractivity contribution is 0.0983. The number of unbranched alkanes of at least 4 members (excludes halogenated alkanes) is 1. The third-order valence-corrected chi connectivity index (χ3v) is 4.48. The van der Waals surface area contributed by atoms with Gasteiger partial charge in [0.15, 0.2) is 5.78 Å². The fraction of sp³-hybridized carbons (Fsp3) is 0.643. The Hall–Kier alpha value is -0.830. The van der Waals surface area contributed by atoms with Crippen LogP contribution in [0.15, 0.2) is 12.1 Å². The Morgan fingerprint density at radius 1 is 1.29 bits per heavy atom. The summed E-state index contributed by atoms with van der Waals surface area (Å²) < 4.78 is 0. The first-order valence-electron chi connectivity index (χ1n) is 6.69. The lowest BCUT2D eigenvalue weighted by Crippen LogP contribution is -2.28. The maximum atomic E-state index is 11.9. The van der Waals surface area contributed by atoms with Crippen molar-refractivity contribution in [1.82, 2.24) is 0 Å². The monoisotopic (exact) mass is 251 g/mol. The number of rotatable bonds is 5. The zero-order chi connectivity index (χ0) is 12.1. The van der Waals surface area contributed by atoms with Gasteiger partial charge in [-0.3, -0.25) is 4.79 Å². The first kappa shape index (κ1) is 12.6. The van der Waals surface area contributed by atoms with Crippen molar-refractivity contribution >= 4 is 22.1 Å². The van der Waals surface area contributed by atoms with Crippen LogP contribution in [0.1, 0.15) is 55.1 Å². The van der Waals surface area contributed by atoms with Crippen LogP contribution in [0, 0.1) is 0 Å². The summed E-state index contributed by atoms with van der Waals surface area (Å²) >= 11 is 1.67. The third kappa shape index (κ3) is 3.32. The molecule has 0 unspecified atom stereocenters. The van der Waals surface area contributed by atoms with Gasteiger partial charge in [-0.25, -0.2) is 0 Å². The second-order valence-corrected chi connectivity index (χ2v) is 5.77. The van der Waals surface area contributed by atoms with Crippen LogP contribution in [0.2, 0.25) is 0 Å². The van der Waals surface area contributed by atoms with Gasteiger partial charge in [-0.1, -0.05) is 13.3 Å². The molecule has 0 N–H and O–H groups in total. The molecular weight excluding hydrogens is 230 g/mol. The van der Waals surface area contributed by atoms with Gasteiger partial charge in [-0.15, -0.1) is 11.3 Å². The first-order valence-corrected chi connectivity index (χ1v) is 7.51. The van der Waals surface area contributed by atoms with E-state index in [9.17, 15) is 4.79 Å². The van der Waals surface area contributed by atoms with Crippen molar-refractivity contribution in [2.75, 3.05) is 18.0 Å². The normalized spacial score (nSPS) is 16.2. The minimum absolute atomic E-state index is 0.320. The number of ketones is 1. The van der Waals surface area contributed by atoms with Gasteiger partial charge < -0.3 is 4.90 Å². The maximum absolute atomic E-state index is 11.9. The number of carbonyl (C=O) groups excluding carboxylic acids is 1. The van der Waals surface area contributed by atoms with E-state index in [2.05, 4.69) is 17.9 Å². The van der Waals surface area contributed by atoms with E-state index >= 15 is 0 Å². The van der Waals surface area contributed by atoms with Crippen LogP contribution >= 0.6 is 11.3 Å². The minimum Gasteiger partial charge on any atom is -0.363 e. The van der Waals surface area contributed by atoms with Crippen LogP contribution in [-0.2, 0) is 0 Å². The summed E-state index contributed by atoms with van der Waals surface area (Å²) in [5.41, 5.74) is 0. The summed E-state index contributed by atoms with van der Waals surface area (Å²) in [6.45, 7) is 4.44. The molecule has 0 saturated carbocycles. The minimum atomic E-state index is 0.320. The third-order valence-electron chi connectivity index (χ3n) is 3.29. The number of hydrogen-bond acceptors (Lipinski definition) is 3. The molecule has 0 aromatic carbocycles. The molecule has 2 rings (SSSR count). The Bertz CT molecular complexity index is 366. The van der Waals surface area contributed by atoms with Gasteiger partial charge in [-0.2, -0.15) is 0 Å². The lowest BCUT2D eigenvalue weighted by Gasteiger charge is -2.27. The second kappa shape index (κ2) is 6.20. The Balaban J connectivity index is 1.97. The molecule has 0 radical (unpaired) electrons. The van der Waals surface area contributed by atoms with E-state index in [0.29, 0.717) is 12.2 Å². The molecule has 1 saturated heterocycles. The number of Topliss-reactive ketones (excluding diaryl/α,β-unsaturated/α-hetero) is 1. The number of thiophene rings is 1. The quantitative estimate of drug-likeness (QED) is 0.734. The molecule has 0 spiro atoms. The average molecular weight is 251 g/mol. The van der Waals surface area contributed by atoms with Gasteiger partial charge in [0.2, 0.25) is 0 Å². The smallest absolute Gasteiger partial charge is 0.172 e. The van der Waals surface area contributed by atoms with E-state index < -0.39 is 0 Å². The van der Waals surface area contributed by atoms with E-state index in [1.807, 2.05) is 6.07 Å². The van der Waals surface area contributed by atoms with E-state index in [0.717, 1.165) is 30.8 Å². The molecule has 1 aromatic heterocycles. The molecule has 1 aromatic rings. The molecule has 0 atom stereocenters. The van der Waals surface area contributed by atoms with Gasteiger partial charge in [-0.05, 0) is 37.8 Å². The molecule has 0 aliphatic carbocycles. The summed E-state index contributed by atoms with van der Waals surface area (Å²) in [6.07, 6.45) is 6.74. The zero-order valence-electron chi connectivity index (χ0n) is 10.6. The first-order chi connectivity index (χ1) is 8.31. The topological polar surface area (TPSA) is 20.3 Å². The summed E-state index contributed by atoms with van der Waals surface area (Å²) in [7, 11) is 0. The molecule has 0 bridgehead atoms. The summed E-state index contributed by atoms with van der Waals surface area (Å²) in [5.74, 6) is 0.320. The maximum Gasteiger partial charge on any atom is 0.172 e. The Morgan fingerprint density at radius 3 is 2.76 bits per heavy atom. The molecule has 0 amide bonds. The Kier molecular flexibility index (Phi) is 4.60. The molecule has 94 valence electrons. The van der Waals surface area contributed by atoms with E-state index in [4.69, 9.17) is 0 Å². The van der Waals surface area contributed by atoms with Crippen LogP contribution in [0.5, 0.6) is 0 Å². The average Bonchev–Trinajstić information content (AvgIpc) is 2.86. The van der Waals surface area contributed by atoms with Crippen LogP contribution in [0.3, 0.4) is 0 Å². The van der Waals surface area contributed by atoms with Crippen molar-refractivity contribution in [3.05, 3.63) is 17.0 Å². The molecule has 2 heterocycles. The van der Waals surface area contributed by atoms with Crippen molar-refractivity contribution in [1.29, 1.82) is 0 Å². The van der Waals surface area contributed by atoms with Crippen molar-refractivity contribution < 1.29 is 4.79 Å². The fourth-order valence-corrected chi connectivity index (χ4v) is 3.25. The highest BCUT2D eigenvalue weighted by Crippen LogP contribution is 2.29. The van der Waals surface area contributed by atoms with Gasteiger partial charge in [0, 0.05) is 19.5 Å².